The number of aliphatic hydroxyl groups is 1. The van der Waals surface area contributed by atoms with Gasteiger partial charge in [-0.25, -0.2) is 27.5 Å². The Morgan fingerprint density at radius 2 is 1.16 bits per heavy atom. The van der Waals surface area contributed by atoms with Gasteiger partial charge in [0.25, 0.3) is 0 Å². The summed E-state index contributed by atoms with van der Waals surface area (Å²) in [5.41, 5.74) is 0.209. The van der Waals surface area contributed by atoms with Gasteiger partial charge in [0, 0.05) is 10.8 Å². The Hall–Kier alpha value is -5.68. The van der Waals surface area contributed by atoms with Gasteiger partial charge in [-0.3, -0.25) is 4.79 Å². The topological polar surface area (TPSA) is 115 Å². The molecule has 2 aromatic heterocycles. The first kappa shape index (κ1) is 36.6. The molecule has 51 heavy (non-hydrogen) atoms. The van der Waals surface area contributed by atoms with Crippen LogP contribution >= 0.6 is 0 Å². The number of carbonyl (C=O) groups excluding carboxylic acids is 1. The Morgan fingerprint density at radius 3 is 1.61 bits per heavy atom. The van der Waals surface area contributed by atoms with Crippen LogP contribution in [0.5, 0.6) is 23.0 Å². The number of para-hydroxylation sites is 2. The number of hydrogen-bond acceptors (Lipinski definition) is 8. The minimum atomic E-state index is -2.10. The molecule has 8 nitrogen and oxygen atoms in total. The number of ether oxygens (including phenoxy) is 2. The second kappa shape index (κ2) is 15.5. The Bertz CT molecular complexity index is 2280. The van der Waals surface area contributed by atoms with Crippen molar-refractivity contribution in [3.8, 4) is 29.1 Å². The lowest BCUT2D eigenvalue weighted by Crippen LogP contribution is -2.28. The van der Waals surface area contributed by atoms with Crippen LogP contribution in [0, 0.1) is 34.6 Å². The lowest BCUT2D eigenvalue weighted by Gasteiger charge is -2.23. The minimum Gasteiger partial charge on any atom is -0.455 e. The average molecular weight is 714 g/mol. The number of pyridine rings is 2. The van der Waals surface area contributed by atoms with E-state index in [0.717, 1.165) is 13.0 Å². The highest BCUT2D eigenvalue weighted by atomic mass is 28.4. The molecule has 6 aromatic rings. The molecule has 0 aliphatic carbocycles. The Kier molecular flexibility index (Phi) is 11.1. The van der Waals surface area contributed by atoms with Crippen molar-refractivity contribution in [3.05, 3.63) is 132 Å². The number of ketones is 1. The summed E-state index contributed by atoms with van der Waals surface area (Å²) < 4.78 is 73.1. The van der Waals surface area contributed by atoms with Gasteiger partial charge in [-0.15, -0.1) is 0 Å². The van der Waals surface area contributed by atoms with Gasteiger partial charge in [-0.2, -0.15) is 5.26 Å². The standard InChI is InChI=1S/C20H18F2N2O2Si.C18H13F2NO3/c1-27(2,3)26-18(11-23)19-15(21)7-5-9-17(19)25-14-10-13-6-4-8-16(22)20(13)24-12-14;1-10(22)18(23)16-13(19)5-3-7-15(16)24-12-8-11-4-2-6-14(20)17(11)21-9-12/h4-10,12,18H,1-3H3;2-9,18,23H,1H3. The summed E-state index contributed by atoms with van der Waals surface area (Å²) in [5, 5.41) is 20.5. The summed E-state index contributed by atoms with van der Waals surface area (Å²) in [6.45, 7) is 6.91. The first-order valence-corrected chi connectivity index (χ1v) is 18.9. The van der Waals surface area contributed by atoms with Crippen LogP contribution in [-0.2, 0) is 9.22 Å². The molecule has 6 rings (SSSR count). The predicted octanol–water partition coefficient (Wildman–Crippen LogP) is 9.65. The number of halogens is 4. The summed E-state index contributed by atoms with van der Waals surface area (Å²) in [6, 6.07) is 22.5. The third-order valence-corrected chi connectivity index (χ3v) is 8.21. The molecule has 2 atom stereocenters. The van der Waals surface area contributed by atoms with Crippen LogP contribution in [0.3, 0.4) is 0 Å². The van der Waals surface area contributed by atoms with Crippen LogP contribution in [0.2, 0.25) is 19.6 Å². The summed E-state index contributed by atoms with van der Waals surface area (Å²) in [6.07, 6.45) is -0.0630. The van der Waals surface area contributed by atoms with Crippen LogP contribution in [0.15, 0.2) is 97.3 Å². The normalized spacial score (nSPS) is 12.4. The number of hydrogen-bond donors (Lipinski definition) is 1. The van der Waals surface area contributed by atoms with Crippen LogP contribution in [0.1, 0.15) is 30.3 Å². The van der Waals surface area contributed by atoms with Gasteiger partial charge in [0.15, 0.2) is 20.2 Å². The molecular weight excluding hydrogens is 683 g/mol. The van der Waals surface area contributed by atoms with E-state index in [1.54, 1.807) is 36.4 Å². The zero-order valence-corrected chi connectivity index (χ0v) is 28.8. The van der Waals surface area contributed by atoms with E-state index in [1.807, 2.05) is 25.7 Å². The molecule has 0 amide bonds. The summed E-state index contributed by atoms with van der Waals surface area (Å²) in [7, 11) is -2.10. The molecule has 13 heteroatoms. The number of carbonyl (C=O) groups is 1. The highest BCUT2D eigenvalue weighted by Crippen LogP contribution is 2.36. The molecule has 0 spiro atoms. The molecule has 260 valence electrons. The number of benzene rings is 4. The van der Waals surface area contributed by atoms with Crippen LogP contribution in [0.4, 0.5) is 17.6 Å². The summed E-state index contributed by atoms with van der Waals surface area (Å²) in [5.74, 6) is -2.14. The zero-order valence-electron chi connectivity index (χ0n) is 27.8. The van der Waals surface area contributed by atoms with Crippen LogP contribution in [0.25, 0.3) is 21.8 Å². The van der Waals surface area contributed by atoms with Crippen molar-refractivity contribution < 1.29 is 41.4 Å². The van der Waals surface area contributed by atoms with E-state index < -0.39 is 49.6 Å². The van der Waals surface area contributed by atoms with Gasteiger partial charge in [0.1, 0.15) is 63.4 Å². The van der Waals surface area contributed by atoms with Crippen molar-refractivity contribution in [2.24, 2.45) is 0 Å². The molecule has 0 aliphatic rings. The number of nitriles is 1. The molecule has 0 bridgehead atoms. The monoisotopic (exact) mass is 713 g/mol. The number of nitrogens with zero attached hydrogens (tertiary/aromatic N) is 3. The average Bonchev–Trinajstić information content (AvgIpc) is 3.07. The third kappa shape index (κ3) is 8.73. The number of fused-ring (bicyclic) bond motifs is 2. The molecular formula is C38H31F4N3O5Si. The van der Waals surface area contributed by atoms with Crippen molar-refractivity contribution in [2.45, 2.75) is 38.8 Å². The Morgan fingerprint density at radius 1 is 0.725 bits per heavy atom. The lowest BCUT2D eigenvalue weighted by molar-refractivity contribution is -0.125. The zero-order chi connectivity index (χ0) is 36.9. The fraction of sp³-hybridized carbons (Fsp3) is 0.158. The fourth-order valence-electron chi connectivity index (χ4n) is 5.01. The molecule has 0 aliphatic heterocycles. The minimum absolute atomic E-state index is 0.00440. The van der Waals surface area contributed by atoms with Gasteiger partial charge in [-0.1, -0.05) is 36.4 Å². The van der Waals surface area contributed by atoms with E-state index in [0.29, 0.717) is 16.5 Å². The summed E-state index contributed by atoms with van der Waals surface area (Å²) in [4.78, 5) is 19.4. The van der Waals surface area contributed by atoms with E-state index in [9.17, 15) is 32.7 Å². The van der Waals surface area contributed by atoms with Crippen LogP contribution < -0.4 is 9.47 Å². The second-order valence-corrected chi connectivity index (χ2v) is 16.7. The smallest absolute Gasteiger partial charge is 0.186 e. The highest BCUT2D eigenvalue weighted by molar-refractivity contribution is 6.69. The fourth-order valence-corrected chi connectivity index (χ4v) is 5.89. The van der Waals surface area contributed by atoms with Crippen molar-refractivity contribution in [2.75, 3.05) is 0 Å². The van der Waals surface area contributed by atoms with Crippen molar-refractivity contribution >= 4 is 35.9 Å². The SMILES string of the molecule is CC(=O)C(O)c1c(F)cccc1Oc1cnc2c(F)cccc2c1.C[Si](C)(C)OC(C#N)c1c(F)cccc1Oc1cnc2c(F)cccc2c1. The van der Waals surface area contributed by atoms with E-state index in [4.69, 9.17) is 13.9 Å². The molecule has 1 N–H and O–H groups in total. The molecule has 2 unspecified atom stereocenters. The number of aromatic nitrogens is 2. The quantitative estimate of drug-likeness (QED) is 0.116. The molecule has 0 saturated heterocycles. The highest BCUT2D eigenvalue weighted by Gasteiger charge is 2.28. The number of aliphatic hydroxyl groups excluding tert-OH is 1. The first-order chi connectivity index (χ1) is 24.3. The second-order valence-electron chi connectivity index (χ2n) is 12.2. The predicted molar refractivity (Wildman–Crippen MR) is 185 cm³/mol. The largest absolute Gasteiger partial charge is 0.455 e. The van der Waals surface area contributed by atoms with E-state index >= 15 is 0 Å². The number of rotatable bonds is 9. The maximum absolute atomic E-state index is 14.5. The Labute approximate surface area is 291 Å². The van der Waals surface area contributed by atoms with Crippen molar-refractivity contribution in [3.63, 3.8) is 0 Å². The molecule has 2 heterocycles. The third-order valence-electron chi connectivity index (χ3n) is 7.26. The van der Waals surface area contributed by atoms with Gasteiger partial charge >= 0.3 is 0 Å². The maximum Gasteiger partial charge on any atom is 0.186 e. The molecule has 0 saturated carbocycles. The van der Waals surface area contributed by atoms with Gasteiger partial charge in [0.05, 0.1) is 29.6 Å². The van der Waals surface area contributed by atoms with Gasteiger partial charge in [0.2, 0.25) is 0 Å². The Balaban J connectivity index is 0.000000199. The van der Waals surface area contributed by atoms with Crippen molar-refractivity contribution in [1.82, 2.24) is 9.97 Å². The van der Waals surface area contributed by atoms with Crippen LogP contribution in [-0.4, -0.2) is 29.2 Å². The van der Waals surface area contributed by atoms with E-state index in [-0.39, 0.29) is 39.4 Å². The maximum atomic E-state index is 14.5. The first-order valence-electron chi connectivity index (χ1n) is 15.5. The van der Waals surface area contributed by atoms with Gasteiger partial charge in [-0.05, 0) is 75.1 Å². The molecule has 0 fully saturated rings. The molecule has 4 aromatic carbocycles. The van der Waals surface area contributed by atoms with E-state index in [1.165, 1.54) is 54.9 Å². The lowest BCUT2D eigenvalue weighted by atomic mass is 10.0. The van der Waals surface area contributed by atoms with Crippen molar-refractivity contribution in [1.29, 1.82) is 5.26 Å². The summed E-state index contributed by atoms with van der Waals surface area (Å²) >= 11 is 0. The number of Topliss-reactive ketones (excluding diaryl/α,β-unsaturated/α-hetero) is 1. The molecule has 0 radical (unpaired) electrons. The van der Waals surface area contributed by atoms with E-state index in [2.05, 4.69) is 9.97 Å². The van der Waals surface area contributed by atoms with Gasteiger partial charge < -0.3 is 19.0 Å².